The van der Waals surface area contributed by atoms with Crippen LogP contribution in [0, 0.1) is 0 Å². The smallest absolute Gasteiger partial charge is 0.407 e. The normalized spacial score (nSPS) is 16.0. The number of halogens is 1. The maximum Gasteiger partial charge on any atom is 0.407 e. The Hall–Kier alpha value is -3.65. The van der Waals surface area contributed by atoms with Crippen molar-refractivity contribution in [3.8, 4) is 11.3 Å². The number of carbonyl (C=O) groups is 3. The van der Waals surface area contributed by atoms with Crippen LogP contribution in [0.5, 0.6) is 0 Å². The summed E-state index contributed by atoms with van der Waals surface area (Å²) in [7, 11) is 1.58. The first-order chi connectivity index (χ1) is 15.8. The number of benzene rings is 2. The average Bonchev–Trinajstić information content (AvgIpc) is 2.82. The van der Waals surface area contributed by atoms with Crippen LogP contribution in [-0.4, -0.2) is 70.5 Å². The van der Waals surface area contributed by atoms with Crippen molar-refractivity contribution in [3.63, 3.8) is 0 Å². The summed E-state index contributed by atoms with van der Waals surface area (Å²) in [5, 5.41) is 13.1. The van der Waals surface area contributed by atoms with Crippen LogP contribution in [0.1, 0.15) is 27.6 Å². The minimum absolute atomic E-state index is 0.173. The van der Waals surface area contributed by atoms with Gasteiger partial charge in [0, 0.05) is 54.8 Å². The van der Waals surface area contributed by atoms with Gasteiger partial charge in [0.15, 0.2) is 0 Å². The molecule has 0 aliphatic carbocycles. The number of carboxylic acid groups (broad SMARTS) is 1. The molecule has 3 amide bonds. The molecule has 2 N–H and O–H groups in total. The van der Waals surface area contributed by atoms with E-state index in [2.05, 4.69) is 5.32 Å². The maximum atomic E-state index is 13.1. The highest BCUT2D eigenvalue weighted by molar-refractivity contribution is 6.35. The number of hydrogen-bond acceptors (Lipinski definition) is 4. The molecule has 1 atom stereocenters. The molecule has 1 fully saturated rings. The molecule has 4 rings (SSSR count). The highest BCUT2D eigenvalue weighted by Crippen LogP contribution is 2.29. The van der Waals surface area contributed by atoms with Gasteiger partial charge in [-0.25, -0.2) is 9.78 Å². The van der Waals surface area contributed by atoms with E-state index in [0.717, 1.165) is 10.9 Å². The van der Waals surface area contributed by atoms with Crippen molar-refractivity contribution in [1.82, 2.24) is 20.1 Å². The van der Waals surface area contributed by atoms with E-state index in [1.807, 2.05) is 0 Å². The van der Waals surface area contributed by atoms with Crippen molar-refractivity contribution in [3.05, 3.63) is 64.7 Å². The van der Waals surface area contributed by atoms with Crippen molar-refractivity contribution in [2.45, 2.75) is 13.0 Å². The van der Waals surface area contributed by atoms with Gasteiger partial charge in [0.25, 0.3) is 11.8 Å². The molecule has 0 bridgehead atoms. The molecule has 0 spiro atoms. The number of carbonyl (C=O) groups excluding carboxylic acids is 2. The molecule has 1 saturated heterocycles. The highest BCUT2D eigenvalue weighted by atomic mass is 35.5. The second-order valence-electron chi connectivity index (χ2n) is 7.95. The second-order valence-corrected chi connectivity index (χ2v) is 8.36. The zero-order valence-corrected chi connectivity index (χ0v) is 19.0. The molecule has 0 radical (unpaired) electrons. The molecular weight excluding hydrogens is 444 g/mol. The van der Waals surface area contributed by atoms with E-state index in [1.54, 1.807) is 67.4 Å². The van der Waals surface area contributed by atoms with Crippen molar-refractivity contribution >= 4 is 40.4 Å². The molecule has 9 heteroatoms. The minimum Gasteiger partial charge on any atom is -0.465 e. The Morgan fingerprint density at radius 3 is 2.39 bits per heavy atom. The maximum absolute atomic E-state index is 13.1. The largest absolute Gasteiger partial charge is 0.465 e. The Bertz CT molecular complexity index is 1250. The van der Waals surface area contributed by atoms with E-state index in [0.29, 0.717) is 40.4 Å². The molecule has 2 heterocycles. The molecule has 1 unspecified atom stereocenters. The molecule has 1 aliphatic heterocycles. The SMILES string of the molecule is CNC(=O)c1ccc(-c2cc(Cl)c3ccc(C(=O)N4CCN(C(=O)O)C(C)C4)cc3n2)cc1. The van der Waals surface area contributed by atoms with Gasteiger partial charge in [-0.3, -0.25) is 9.59 Å². The molecule has 2 aromatic carbocycles. The van der Waals surface area contributed by atoms with Crippen molar-refractivity contribution in [2.24, 2.45) is 0 Å². The lowest BCUT2D eigenvalue weighted by Crippen LogP contribution is -2.55. The van der Waals surface area contributed by atoms with Crippen molar-refractivity contribution in [1.29, 1.82) is 0 Å². The third-order valence-electron chi connectivity index (χ3n) is 5.84. The average molecular weight is 467 g/mol. The van der Waals surface area contributed by atoms with Crippen LogP contribution in [0.15, 0.2) is 48.5 Å². The fraction of sp³-hybridized carbons (Fsp3) is 0.250. The summed E-state index contributed by atoms with van der Waals surface area (Å²) in [5.74, 6) is -0.347. The summed E-state index contributed by atoms with van der Waals surface area (Å²) < 4.78 is 0. The van der Waals surface area contributed by atoms with E-state index >= 15 is 0 Å². The predicted molar refractivity (Wildman–Crippen MR) is 126 cm³/mol. The summed E-state index contributed by atoms with van der Waals surface area (Å²) in [6, 6.07) is 13.7. The van der Waals surface area contributed by atoms with Gasteiger partial charge in [-0.15, -0.1) is 0 Å². The van der Waals surface area contributed by atoms with Crippen molar-refractivity contribution < 1.29 is 19.5 Å². The number of nitrogens with one attached hydrogen (secondary N) is 1. The molecule has 1 aromatic heterocycles. The number of aromatic nitrogens is 1. The Labute approximate surface area is 195 Å². The lowest BCUT2D eigenvalue weighted by Gasteiger charge is -2.38. The molecule has 33 heavy (non-hydrogen) atoms. The number of rotatable bonds is 3. The van der Waals surface area contributed by atoms with Crippen LogP contribution in [0.2, 0.25) is 5.02 Å². The lowest BCUT2D eigenvalue weighted by molar-refractivity contribution is 0.0507. The summed E-state index contributed by atoms with van der Waals surface area (Å²) in [6.45, 7) is 2.72. The van der Waals surface area contributed by atoms with E-state index in [-0.39, 0.29) is 24.4 Å². The van der Waals surface area contributed by atoms with Gasteiger partial charge < -0.3 is 20.2 Å². The Morgan fingerprint density at radius 2 is 1.76 bits per heavy atom. The monoisotopic (exact) mass is 466 g/mol. The second kappa shape index (κ2) is 9.07. The lowest BCUT2D eigenvalue weighted by atomic mass is 10.0. The molecular formula is C24H23ClN4O4. The fourth-order valence-electron chi connectivity index (χ4n) is 4.01. The summed E-state index contributed by atoms with van der Waals surface area (Å²) in [4.78, 5) is 43.9. The van der Waals surface area contributed by atoms with E-state index < -0.39 is 6.09 Å². The predicted octanol–water partition coefficient (Wildman–Crippen LogP) is 3.74. The molecule has 3 aromatic rings. The molecule has 1 aliphatic rings. The third-order valence-corrected chi connectivity index (χ3v) is 6.15. The van der Waals surface area contributed by atoms with Crippen molar-refractivity contribution in [2.75, 3.05) is 26.7 Å². The Balaban J connectivity index is 1.62. The number of amides is 3. The number of hydrogen-bond donors (Lipinski definition) is 2. The number of piperazine rings is 1. The first kappa shape index (κ1) is 22.5. The Morgan fingerprint density at radius 1 is 1.06 bits per heavy atom. The number of fused-ring (bicyclic) bond motifs is 1. The number of nitrogens with zero attached hydrogens (tertiary/aromatic N) is 3. The molecule has 0 saturated carbocycles. The van der Waals surface area contributed by atoms with Crippen LogP contribution in [0.25, 0.3) is 22.2 Å². The van der Waals surface area contributed by atoms with Gasteiger partial charge in [-0.2, -0.15) is 0 Å². The summed E-state index contributed by atoms with van der Waals surface area (Å²) in [5.41, 5.74) is 3.01. The summed E-state index contributed by atoms with van der Waals surface area (Å²) >= 11 is 6.50. The molecule has 170 valence electrons. The van der Waals surface area contributed by atoms with Gasteiger partial charge in [-0.05, 0) is 37.3 Å². The van der Waals surface area contributed by atoms with Crippen LogP contribution in [0.4, 0.5) is 4.79 Å². The van der Waals surface area contributed by atoms with Crippen LogP contribution in [-0.2, 0) is 0 Å². The van der Waals surface area contributed by atoms with E-state index in [4.69, 9.17) is 16.6 Å². The first-order valence-electron chi connectivity index (χ1n) is 10.5. The standard InChI is InChI=1S/C24H23ClN4O4/c1-14-13-28(9-10-29(14)24(32)33)23(31)17-7-8-18-19(25)12-20(27-21(18)11-17)15-3-5-16(6-4-15)22(30)26-2/h3-8,11-12,14H,9-10,13H2,1-2H3,(H,26,30)(H,32,33). The highest BCUT2D eigenvalue weighted by Gasteiger charge is 2.30. The van der Waals surface area contributed by atoms with Gasteiger partial charge in [0.1, 0.15) is 0 Å². The van der Waals surface area contributed by atoms with Gasteiger partial charge in [0.05, 0.1) is 16.2 Å². The van der Waals surface area contributed by atoms with Crippen LogP contribution < -0.4 is 5.32 Å². The number of pyridine rings is 1. The van der Waals surface area contributed by atoms with Gasteiger partial charge >= 0.3 is 6.09 Å². The van der Waals surface area contributed by atoms with E-state index in [9.17, 15) is 19.5 Å². The first-order valence-corrected chi connectivity index (χ1v) is 10.9. The molecule has 8 nitrogen and oxygen atoms in total. The van der Waals surface area contributed by atoms with Crippen LogP contribution in [0.3, 0.4) is 0 Å². The zero-order chi connectivity index (χ0) is 23.7. The zero-order valence-electron chi connectivity index (χ0n) is 18.2. The Kier molecular flexibility index (Phi) is 6.20. The van der Waals surface area contributed by atoms with Crippen LogP contribution >= 0.6 is 11.6 Å². The van der Waals surface area contributed by atoms with E-state index in [1.165, 1.54) is 4.90 Å². The summed E-state index contributed by atoms with van der Waals surface area (Å²) in [6.07, 6.45) is -0.977. The minimum atomic E-state index is -0.977. The van der Waals surface area contributed by atoms with Gasteiger partial charge in [0.2, 0.25) is 0 Å². The third kappa shape index (κ3) is 4.47. The fourth-order valence-corrected chi connectivity index (χ4v) is 4.28. The topological polar surface area (TPSA) is 103 Å². The van der Waals surface area contributed by atoms with Gasteiger partial charge in [-0.1, -0.05) is 29.8 Å². The quantitative estimate of drug-likeness (QED) is 0.612.